The molecule has 0 spiro atoms. The zero-order valence-electron chi connectivity index (χ0n) is 15.8. The number of rotatable bonds is 5. The third-order valence-electron chi connectivity index (χ3n) is 4.22. The molecular formula is C20H26N4O3. The van der Waals surface area contributed by atoms with Crippen LogP contribution in [-0.2, 0) is 4.74 Å². The lowest BCUT2D eigenvalue weighted by Gasteiger charge is -2.25. The lowest BCUT2D eigenvalue weighted by Crippen LogP contribution is -2.41. The number of ether oxygens (including phenoxy) is 2. The topological polar surface area (TPSA) is 66.9 Å². The van der Waals surface area contributed by atoms with E-state index in [0.29, 0.717) is 43.7 Å². The average molecular weight is 370 g/mol. The van der Waals surface area contributed by atoms with Crippen LogP contribution in [0.25, 0.3) is 0 Å². The molecule has 0 saturated carbocycles. The zero-order chi connectivity index (χ0) is 19.1. The summed E-state index contributed by atoms with van der Waals surface area (Å²) in [7, 11) is 4.06. The Morgan fingerprint density at radius 2 is 2.11 bits per heavy atom. The number of carbonyl (C=O) groups excluding carboxylic acids is 1. The average Bonchev–Trinajstić information content (AvgIpc) is 2.89. The Labute approximate surface area is 159 Å². The maximum atomic E-state index is 12.6. The molecule has 0 radical (unpaired) electrons. The zero-order valence-corrected chi connectivity index (χ0v) is 15.8. The summed E-state index contributed by atoms with van der Waals surface area (Å²) in [6.07, 6.45) is 3.35. The number of aromatic nitrogens is 1. The van der Waals surface area contributed by atoms with Gasteiger partial charge < -0.3 is 24.6 Å². The van der Waals surface area contributed by atoms with E-state index in [9.17, 15) is 4.79 Å². The molecule has 1 aliphatic rings. The highest BCUT2D eigenvalue weighted by Gasteiger charge is 2.23. The normalized spacial score (nSPS) is 17.4. The monoisotopic (exact) mass is 370 g/mol. The number of nitrogens with zero attached hydrogens (tertiary/aromatic N) is 3. The van der Waals surface area contributed by atoms with Crippen LogP contribution in [0.5, 0.6) is 11.5 Å². The second-order valence-corrected chi connectivity index (χ2v) is 6.89. The largest absolute Gasteiger partial charge is 0.456 e. The van der Waals surface area contributed by atoms with Gasteiger partial charge in [0.25, 0.3) is 0 Å². The van der Waals surface area contributed by atoms with E-state index in [0.717, 1.165) is 12.2 Å². The van der Waals surface area contributed by atoms with E-state index in [1.54, 1.807) is 12.4 Å². The summed E-state index contributed by atoms with van der Waals surface area (Å²) in [5.74, 6) is 1.67. The van der Waals surface area contributed by atoms with E-state index in [2.05, 4.69) is 15.2 Å². The van der Waals surface area contributed by atoms with Crippen LogP contribution in [0.1, 0.15) is 0 Å². The van der Waals surface area contributed by atoms with Crippen molar-refractivity contribution in [3.05, 3.63) is 48.8 Å². The van der Waals surface area contributed by atoms with Gasteiger partial charge in [0, 0.05) is 37.4 Å². The number of nitrogens with one attached hydrogen (secondary N) is 1. The van der Waals surface area contributed by atoms with Gasteiger partial charge >= 0.3 is 6.03 Å². The summed E-state index contributed by atoms with van der Waals surface area (Å²) in [6.45, 7) is 3.42. The first-order valence-electron chi connectivity index (χ1n) is 9.06. The molecular weight excluding hydrogens is 344 g/mol. The van der Waals surface area contributed by atoms with E-state index in [1.807, 2.05) is 55.4 Å². The minimum atomic E-state index is -0.106. The molecule has 7 heteroatoms. The van der Waals surface area contributed by atoms with Gasteiger partial charge in [0.05, 0.1) is 19.4 Å². The summed E-state index contributed by atoms with van der Waals surface area (Å²) in [5.41, 5.74) is 0.730. The Morgan fingerprint density at radius 1 is 1.30 bits per heavy atom. The van der Waals surface area contributed by atoms with Crippen molar-refractivity contribution in [2.75, 3.05) is 52.3 Å². The smallest absolute Gasteiger partial charge is 0.321 e. The maximum Gasteiger partial charge on any atom is 0.321 e. The van der Waals surface area contributed by atoms with Gasteiger partial charge in [-0.05, 0) is 50.5 Å². The highest BCUT2D eigenvalue weighted by atomic mass is 16.5. The number of anilines is 1. The molecule has 1 aliphatic heterocycles. The first-order valence-corrected chi connectivity index (χ1v) is 9.06. The van der Waals surface area contributed by atoms with E-state index in [4.69, 9.17) is 9.47 Å². The maximum absolute atomic E-state index is 12.6. The van der Waals surface area contributed by atoms with Crippen LogP contribution in [0.15, 0.2) is 48.8 Å². The van der Waals surface area contributed by atoms with Crippen LogP contribution in [0, 0.1) is 5.92 Å². The predicted molar refractivity (Wildman–Crippen MR) is 104 cm³/mol. The van der Waals surface area contributed by atoms with Gasteiger partial charge in [0.15, 0.2) is 0 Å². The molecule has 1 aromatic heterocycles. The van der Waals surface area contributed by atoms with Gasteiger partial charge in [-0.2, -0.15) is 0 Å². The lowest BCUT2D eigenvalue weighted by molar-refractivity contribution is 0.112. The first-order chi connectivity index (χ1) is 13.1. The second-order valence-electron chi connectivity index (χ2n) is 6.89. The van der Waals surface area contributed by atoms with Gasteiger partial charge in [0.2, 0.25) is 0 Å². The Kier molecular flexibility index (Phi) is 6.62. The number of carbonyl (C=O) groups is 1. The van der Waals surface area contributed by atoms with Crippen molar-refractivity contribution in [3.63, 3.8) is 0 Å². The molecule has 2 amide bonds. The van der Waals surface area contributed by atoms with Crippen LogP contribution < -0.4 is 10.1 Å². The SMILES string of the molecule is CN(C)C[C@H]1COCCN(C(=O)Nc2ccc(Oc3cccnc3)cc2)C1. The van der Waals surface area contributed by atoms with Crippen molar-refractivity contribution in [3.8, 4) is 11.5 Å². The summed E-state index contributed by atoms with van der Waals surface area (Å²) < 4.78 is 11.4. The molecule has 27 heavy (non-hydrogen) atoms. The molecule has 0 bridgehead atoms. The molecule has 1 saturated heterocycles. The summed E-state index contributed by atoms with van der Waals surface area (Å²) >= 11 is 0. The molecule has 144 valence electrons. The Morgan fingerprint density at radius 3 is 2.81 bits per heavy atom. The molecule has 1 fully saturated rings. The minimum Gasteiger partial charge on any atom is -0.456 e. The Balaban J connectivity index is 1.56. The van der Waals surface area contributed by atoms with Crippen molar-refractivity contribution in [2.45, 2.75) is 0 Å². The predicted octanol–water partition coefficient (Wildman–Crippen LogP) is 2.92. The summed E-state index contributed by atoms with van der Waals surface area (Å²) in [4.78, 5) is 20.6. The number of hydrogen-bond acceptors (Lipinski definition) is 5. The standard InChI is InChI=1S/C20H26N4O3/c1-23(2)13-16-14-24(10-11-26-15-16)20(25)22-17-5-7-18(8-6-17)27-19-4-3-9-21-12-19/h3-9,12,16H,10-11,13-15H2,1-2H3,(H,22,25)/t16-/m1/s1. The quantitative estimate of drug-likeness (QED) is 0.877. The number of hydrogen-bond donors (Lipinski definition) is 1. The minimum absolute atomic E-state index is 0.106. The molecule has 0 unspecified atom stereocenters. The fourth-order valence-electron chi connectivity index (χ4n) is 3.04. The molecule has 3 rings (SSSR count). The van der Waals surface area contributed by atoms with E-state index in [-0.39, 0.29) is 6.03 Å². The Hall–Kier alpha value is -2.64. The number of amides is 2. The van der Waals surface area contributed by atoms with Gasteiger partial charge in [-0.25, -0.2) is 4.79 Å². The fourth-order valence-corrected chi connectivity index (χ4v) is 3.04. The van der Waals surface area contributed by atoms with Crippen molar-refractivity contribution < 1.29 is 14.3 Å². The number of benzene rings is 1. The van der Waals surface area contributed by atoms with E-state index in [1.165, 1.54) is 0 Å². The van der Waals surface area contributed by atoms with E-state index < -0.39 is 0 Å². The summed E-state index contributed by atoms with van der Waals surface area (Å²) in [6, 6.07) is 10.9. The van der Waals surface area contributed by atoms with E-state index >= 15 is 0 Å². The van der Waals surface area contributed by atoms with Crippen LogP contribution in [-0.4, -0.2) is 67.8 Å². The lowest BCUT2D eigenvalue weighted by atomic mass is 10.1. The van der Waals surface area contributed by atoms with Crippen LogP contribution in [0.3, 0.4) is 0 Å². The van der Waals surface area contributed by atoms with Crippen molar-refractivity contribution in [2.24, 2.45) is 5.92 Å². The number of urea groups is 1. The molecule has 1 aromatic carbocycles. The third kappa shape index (κ3) is 5.94. The number of pyridine rings is 1. The highest BCUT2D eigenvalue weighted by Crippen LogP contribution is 2.22. The van der Waals surface area contributed by atoms with Crippen molar-refractivity contribution >= 4 is 11.7 Å². The highest BCUT2D eigenvalue weighted by molar-refractivity contribution is 5.89. The van der Waals surface area contributed by atoms with Gasteiger partial charge in [-0.1, -0.05) is 0 Å². The van der Waals surface area contributed by atoms with Crippen molar-refractivity contribution in [1.82, 2.24) is 14.8 Å². The first kappa shape index (κ1) is 19.1. The van der Waals surface area contributed by atoms with Gasteiger partial charge in [-0.3, -0.25) is 4.98 Å². The molecule has 2 heterocycles. The molecule has 1 atom stereocenters. The fraction of sp³-hybridized carbons (Fsp3) is 0.400. The van der Waals surface area contributed by atoms with Gasteiger partial charge in [0.1, 0.15) is 11.5 Å². The molecule has 2 aromatic rings. The van der Waals surface area contributed by atoms with Crippen LogP contribution >= 0.6 is 0 Å². The third-order valence-corrected chi connectivity index (χ3v) is 4.22. The van der Waals surface area contributed by atoms with Crippen molar-refractivity contribution in [1.29, 1.82) is 0 Å². The van der Waals surface area contributed by atoms with Crippen LogP contribution in [0.4, 0.5) is 10.5 Å². The molecule has 1 N–H and O–H groups in total. The van der Waals surface area contributed by atoms with Gasteiger partial charge in [-0.15, -0.1) is 0 Å². The molecule has 7 nitrogen and oxygen atoms in total. The molecule has 0 aliphatic carbocycles. The Bertz CT molecular complexity index is 722. The second kappa shape index (κ2) is 9.34. The summed E-state index contributed by atoms with van der Waals surface area (Å²) in [5, 5.41) is 2.95. The van der Waals surface area contributed by atoms with Crippen LogP contribution in [0.2, 0.25) is 0 Å².